The van der Waals surface area contributed by atoms with E-state index in [-0.39, 0.29) is 17.9 Å². The van der Waals surface area contributed by atoms with Crippen LogP contribution in [0.5, 0.6) is 0 Å². The molecule has 2 fully saturated rings. The minimum atomic E-state index is 0.155. The Labute approximate surface area is 121 Å². The third kappa shape index (κ3) is 3.04. The van der Waals surface area contributed by atoms with Gasteiger partial charge in [0.15, 0.2) is 0 Å². The van der Waals surface area contributed by atoms with Gasteiger partial charge in [0.1, 0.15) is 0 Å². The first-order valence-corrected chi connectivity index (χ1v) is 7.90. The van der Waals surface area contributed by atoms with Crippen molar-refractivity contribution in [3.05, 3.63) is 35.9 Å². The van der Waals surface area contributed by atoms with E-state index in [2.05, 4.69) is 34.9 Å². The van der Waals surface area contributed by atoms with E-state index in [1.807, 2.05) is 6.07 Å². The molecule has 2 unspecified atom stereocenters. The molecule has 0 radical (unpaired) electrons. The van der Waals surface area contributed by atoms with Crippen LogP contribution in [0.2, 0.25) is 0 Å². The highest BCUT2D eigenvalue weighted by Crippen LogP contribution is 2.35. The quantitative estimate of drug-likeness (QED) is 0.884. The van der Waals surface area contributed by atoms with Gasteiger partial charge in [-0.1, -0.05) is 43.2 Å². The first-order valence-electron chi connectivity index (χ1n) is 7.90. The second-order valence-electron chi connectivity index (χ2n) is 6.13. The van der Waals surface area contributed by atoms with Crippen LogP contribution >= 0.6 is 0 Å². The lowest BCUT2D eigenvalue weighted by Crippen LogP contribution is -2.37. The zero-order valence-electron chi connectivity index (χ0n) is 12.0. The first kappa shape index (κ1) is 13.6. The Morgan fingerprint density at radius 1 is 1.15 bits per heavy atom. The van der Waals surface area contributed by atoms with Crippen molar-refractivity contribution in [2.75, 3.05) is 13.1 Å². The zero-order chi connectivity index (χ0) is 13.8. The summed E-state index contributed by atoms with van der Waals surface area (Å²) in [5.41, 5.74) is 1.26. The lowest BCUT2D eigenvalue weighted by molar-refractivity contribution is -0.125. The van der Waals surface area contributed by atoms with Crippen molar-refractivity contribution >= 4 is 5.91 Å². The molecule has 0 bridgehead atoms. The second-order valence-corrected chi connectivity index (χ2v) is 6.13. The van der Waals surface area contributed by atoms with Crippen LogP contribution in [0.25, 0.3) is 0 Å². The van der Waals surface area contributed by atoms with Crippen LogP contribution in [-0.2, 0) is 4.79 Å². The maximum atomic E-state index is 12.4. The van der Waals surface area contributed by atoms with Gasteiger partial charge in [0, 0.05) is 6.54 Å². The van der Waals surface area contributed by atoms with Gasteiger partial charge in [-0.15, -0.1) is 0 Å². The summed E-state index contributed by atoms with van der Waals surface area (Å²) < 4.78 is 0. The lowest BCUT2D eigenvalue weighted by Gasteiger charge is -2.26. The first-order chi connectivity index (χ1) is 9.84. The molecule has 20 heavy (non-hydrogen) atoms. The van der Waals surface area contributed by atoms with Crippen LogP contribution in [0, 0.1) is 11.8 Å². The van der Waals surface area contributed by atoms with Crippen molar-refractivity contribution < 1.29 is 4.79 Å². The number of hydrogen-bond donors (Lipinski definition) is 2. The molecule has 108 valence electrons. The lowest BCUT2D eigenvalue weighted by atomic mass is 9.91. The Morgan fingerprint density at radius 2 is 1.90 bits per heavy atom. The Bertz CT molecular complexity index is 434. The summed E-state index contributed by atoms with van der Waals surface area (Å²) in [6.45, 7) is 1.80. The number of carbonyl (C=O) groups excluding carboxylic acids is 1. The molecule has 3 nitrogen and oxygen atoms in total. The molecule has 1 aromatic rings. The van der Waals surface area contributed by atoms with Gasteiger partial charge in [0.05, 0.1) is 12.0 Å². The van der Waals surface area contributed by atoms with Gasteiger partial charge in [0.25, 0.3) is 0 Å². The van der Waals surface area contributed by atoms with Crippen LogP contribution < -0.4 is 10.6 Å². The molecule has 1 aliphatic heterocycles. The number of nitrogens with one attached hydrogen (secondary N) is 2. The highest BCUT2D eigenvalue weighted by atomic mass is 16.2. The van der Waals surface area contributed by atoms with E-state index in [0.29, 0.717) is 5.92 Å². The molecule has 2 atom stereocenters. The van der Waals surface area contributed by atoms with Crippen LogP contribution in [0.3, 0.4) is 0 Å². The fourth-order valence-corrected chi connectivity index (χ4v) is 3.57. The van der Waals surface area contributed by atoms with E-state index in [1.54, 1.807) is 0 Å². The second kappa shape index (κ2) is 6.40. The average molecular weight is 272 g/mol. The van der Waals surface area contributed by atoms with E-state index >= 15 is 0 Å². The Morgan fingerprint density at radius 3 is 2.55 bits per heavy atom. The smallest absolute Gasteiger partial charge is 0.224 e. The summed E-state index contributed by atoms with van der Waals surface area (Å²) in [5, 5.41) is 6.61. The van der Waals surface area contributed by atoms with Gasteiger partial charge in [-0.25, -0.2) is 0 Å². The molecule has 1 aliphatic carbocycles. The monoisotopic (exact) mass is 272 g/mol. The van der Waals surface area contributed by atoms with E-state index in [0.717, 1.165) is 19.5 Å². The number of benzene rings is 1. The van der Waals surface area contributed by atoms with Gasteiger partial charge < -0.3 is 10.6 Å². The third-order valence-electron chi connectivity index (χ3n) is 4.76. The van der Waals surface area contributed by atoms with Crippen LogP contribution in [0.4, 0.5) is 0 Å². The molecule has 1 heterocycles. The van der Waals surface area contributed by atoms with Crippen molar-refractivity contribution in [3.8, 4) is 0 Å². The number of rotatable bonds is 4. The predicted octanol–water partition coefficient (Wildman–Crippen LogP) is 2.64. The number of hydrogen-bond acceptors (Lipinski definition) is 2. The highest BCUT2D eigenvalue weighted by molar-refractivity contribution is 5.79. The average Bonchev–Trinajstić information content (AvgIpc) is 3.18. The van der Waals surface area contributed by atoms with Gasteiger partial charge in [0.2, 0.25) is 5.91 Å². The number of amides is 1. The van der Waals surface area contributed by atoms with Crippen molar-refractivity contribution in [1.29, 1.82) is 0 Å². The molecule has 0 aromatic heterocycles. The largest absolute Gasteiger partial charge is 0.349 e. The molecule has 1 saturated carbocycles. The predicted molar refractivity (Wildman–Crippen MR) is 80.3 cm³/mol. The molecule has 0 spiro atoms. The Balaban J connectivity index is 1.73. The summed E-state index contributed by atoms with van der Waals surface area (Å²) in [6, 6.07) is 10.7. The standard InChI is InChI=1S/C17H24N2O/c20-17(15-10-11-18-12-15)19-16(14-8-4-5-9-14)13-6-2-1-3-7-13/h1-3,6-7,14-16,18H,4-5,8-12H2,(H,19,20). The summed E-state index contributed by atoms with van der Waals surface area (Å²) in [4.78, 5) is 12.4. The summed E-state index contributed by atoms with van der Waals surface area (Å²) >= 11 is 0. The molecule has 3 heteroatoms. The Hall–Kier alpha value is -1.35. The minimum Gasteiger partial charge on any atom is -0.349 e. The topological polar surface area (TPSA) is 41.1 Å². The summed E-state index contributed by atoms with van der Waals surface area (Å²) in [5.74, 6) is 0.995. The molecular formula is C17H24N2O. The number of carbonyl (C=O) groups is 1. The van der Waals surface area contributed by atoms with E-state index < -0.39 is 0 Å². The zero-order valence-corrected chi connectivity index (χ0v) is 12.0. The van der Waals surface area contributed by atoms with Gasteiger partial charge in [-0.3, -0.25) is 4.79 Å². The van der Waals surface area contributed by atoms with Crippen molar-refractivity contribution in [3.63, 3.8) is 0 Å². The van der Waals surface area contributed by atoms with Gasteiger partial charge >= 0.3 is 0 Å². The highest BCUT2D eigenvalue weighted by Gasteiger charge is 2.30. The Kier molecular flexibility index (Phi) is 4.36. The van der Waals surface area contributed by atoms with Crippen molar-refractivity contribution in [2.45, 2.75) is 38.1 Å². The summed E-state index contributed by atoms with van der Waals surface area (Å²) in [7, 11) is 0. The maximum Gasteiger partial charge on any atom is 0.224 e. The fraction of sp³-hybridized carbons (Fsp3) is 0.588. The van der Waals surface area contributed by atoms with E-state index in [4.69, 9.17) is 0 Å². The van der Waals surface area contributed by atoms with E-state index in [9.17, 15) is 4.79 Å². The normalized spacial score (nSPS) is 24.7. The van der Waals surface area contributed by atoms with Crippen molar-refractivity contribution in [2.24, 2.45) is 11.8 Å². The molecule has 2 N–H and O–H groups in total. The third-order valence-corrected chi connectivity index (χ3v) is 4.76. The molecule has 3 rings (SSSR count). The molecule has 1 saturated heterocycles. The minimum absolute atomic E-state index is 0.155. The molecule has 2 aliphatic rings. The van der Waals surface area contributed by atoms with Crippen LogP contribution in [-0.4, -0.2) is 19.0 Å². The SMILES string of the molecule is O=C(NC(c1ccccc1)C1CCCC1)C1CCNC1. The fourth-order valence-electron chi connectivity index (χ4n) is 3.57. The van der Waals surface area contributed by atoms with Gasteiger partial charge in [-0.05, 0) is 37.3 Å². The van der Waals surface area contributed by atoms with Crippen LogP contribution in [0.15, 0.2) is 30.3 Å². The molecular weight excluding hydrogens is 248 g/mol. The maximum absolute atomic E-state index is 12.4. The van der Waals surface area contributed by atoms with E-state index in [1.165, 1.54) is 31.2 Å². The van der Waals surface area contributed by atoms with Crippen LogP contribution in [0.1, 0.15) is 43.7 Å². The summed E-state index contributed by atoms with van der Waals surface area (Å²) in [6.07, 6.45) is 6.05. The van der Waals surface area contributed by atoms with Gasteiger partial charge in [-0.2, -0.15) is 0 Å². The molecule has 1 aromatic carbocycles. The van der Waals surface area contributed by atoms with Crippen molar-refractivity contribution in [1.82, 2.24) is 10.6 Å². The molecule has 1 amide bonds.